The number of ether oxygens (including phenoxy) is 2. The minimum Gasteiger partial charge on any atom is -0.489 e. The van der Waals surface area contributed by atoms with Gasteiger partial charge in [0.1, 0.15) is 61.2 Å². The molecular weight excluding hydrogens is 1540 g/mol. The molecule has 25 N–H and O–H groups in total. The minimum atomic E-state index is -1.11. The number of nitrogens with zero attached hydrogens (tertiary/aromatic N) is 4. The highest BCUT2D eigenvalue weighted by Gasteiger charge is 2.48. The predicted octanol–water partition coefficient (Wildman–Crippen LogP) is 2.06. The first-order chi connectivity index (χ1) is 55.5. The fraction of sp³-hybridized carbons (Fsp3) is 0.338. The molecule has 6 aliphatic heterocycles. The van der Waals surface area contributed by atoms with Gasteiger partial charge in [-0.1, -0.05) is 115 Å². The summed E-state index contributed by atoms with van der Waals surface area (Å²) in [5, 5.41) is 74.4. The third-order valence-electron chi connectivity index (χ3n) is 19.3. The summed E-state index contributed by atoms with van der Waals surface area (Å²) < 4.78 is 10.3. The van der Waals surface area contributed by atoms with Gasteiger partial charge >= 0.3 is 47.8 Å². The number of carbonyl (C=O) groups excluding carboxylic acids is 5. The lowest BCUT2D eigenvalue weighted by molar-refractivity contribution is -0.150. The maximum atomic E-state index is 12.0. The largest absolute Gasteiger partial charge is 0.489 e. The van der Waals surface area contributed by atoms with E-state index in [1.54, 1.807) is 66.7 Å². The number of piperazine rings is 1. The van der Waals surface area contributed by atoms with Crippen molar-refractivity contribution in [3.05, 3.63) is 191 Å². The zero-order valence-corrected chi connectivity index (χ0v) is 64.2. The Balaban J connectivity index is 0.000000186. The number of amides is 5. The van der Waals surface area contributed by atoms with E-state index < -0.39 is 101 Å². The molecule has 5 amide bonds. The van der Waals surface area contributed by atoms with Gasteiger partial charge in [-0.2, -0.15) is 0 Å². The molecule has 3 saturated heterocycles. The number of fused-ring (bicyclic) bond motifs is 6. The normalized spacial score (nSPS) is 20.5. The summed E-state index contributed by atoms with van der Waals surface area (Å²) in [6.07, 6.45) is 4.05. The molecule has 0 aromatic heterocycles. The number of rotatable bonds is 14. The molecule has 6 heterocycles. The van der Waals surface area contributed by atoms with E-state index in [9.17, 15) is 62.3 Å². The fourth-order valence-corrected chi connectivity index (χ4v) is 14.0. The number of hydrogen-bond donors (Lipinski definition) is 17. The first-order valence-corrected chi connectivity index (χ1v) is 37.6. The molecule has 117 heavy (non-hydrogen) atoms. The van der Waals surface area contributed by atoms with Gasteiger partial charge in [0, 0.05) is 60.8 Å². The molecule has 0 bridgehead atoms. The number of anilines is 4. The van der Waals surface area contributed by atoms with E-state index in [1.165, 1.54) is 32.0 Å². The van der Waals surface area contributed by atoms with Gasteiger partial charge in [0.15, 0.2) is 0 Å². The summed E-state index contributed by atoms with van der Waals surface area (Å²) in [7, 11) is 0. The average Bonchev–Trinajstić information content (AvgIpc) is 1.07. The second kappa shape index (κ2) is 42.8. The number of aliphatic carboxylic acids is 7. The molecular formula is C80H95N13O23S. The third-order valence-corrected chi connectivity index (χ3v) is 20.5. The summed E-state index contributed by atoms with van der Waals surface area (Å²) in [4.78, 5) is 151. The molecule has 0 spiro atoms. The van der Waals surface area contributed by atoms with Crippen LogP contribution in [0.2, 0.25) is 0 Å². The number of hydrogen-bond acceptors (Lipinski definition) is 24. The fourth-order valence-electron chi connectivity index (χ4n) is 13.0. The lowest BCUT2D eigenvalue weighted by Crippen LogP contribution is -2.64. The number of benzene rings is 7. The maximum Gasteiger partial charge on any atom is 0.337 e. The standard InChI is InChI=1S/C12H14N2O3.C11H12N2O4.C11H12N2O3S.C11H9NO2.C11H13NO2.C9H13N3O4.C9H11NO2.C6H11NO3/c13-9-6-5-8-3-1-2-4-10(8)14(12(9)17)7-11(15)16;2*12-7-6-17-9-4-2-1-3-8(9)13(11(7)16)5-10(14)15;12-10-6-8-4-2-1-3-7(8)5-9(10)11(13)14;12-11(10(13)14)6-5-8-3-1-2-4-9(8)7-11;10-4-1-2-12-7(4)8(15)11-5(9(12)16)3-6(13)14;10-6-8-4-2-1-3-7(8)5-9(11)12;7-6(5(8)9)1-3-10-4-2-6/h1-4,9H,5-7,13H2,(H,15,16);2*1-4,7H,5-6,12H2,(H,14,15);1-6H,12H2,(H,13,14);1-4H,5-7,12H2,(H,13,14);4-5,7H,1-3,10H2,(H,11,15)(H,13,14);1-4H,5-6,10H2,(H,11,12);1-4,7H2,(H,8,9)/t;2*7-;;;4-,5+,7?;;/m.10..1../s1. The van der Waals surface area contributed by atoms with E-state index in [0.29, 0.717) is 106 Å². The van der Waals surface area contributed by atoms with E-state index in [-0.39, 0.29) is 67.8 Å². The number of nitrogen functional groups attached to an aromatic ring is 1. The molecule has 37 heteroatoms. The Morgan fingerprint density at radius 3 is 1.59 bits per heavy atom. The summed E-state index contributed by atoms with van der Waals surface area (Å²) in [5.41, 5.74) is 50.2. The Bertz CT molecular complexity index is 4580. The van der Waals surface area contributed by atoms with E-state index in [1.807, 2.05) is 91.0 Å². The van der Waals surface area contributed by atoms with Crippen molar-refractivity contribution < 1.29 is 113 Å². The molecule has 0 radical (unpaired) electrons. The lowest BCUT2D eigenvalue weighted by Gasteiger charge is -2.35. The molecule has 624 valence electrons. The van der Waals surface area contributed by atoms with Crippen molar-refractivity contribution in [1.82, 2.24) is 10.2 Å². The van der Waals surface area contributed by atoms with Crippen LogP contribution < -0.4 is 70.6 Å². The van der Waals surface area contributed by atoms with Gasteiger partial charge in [0.2, 0.25) is 29.5 Å². The van der Waals surface area contributed by atoms with Gasteiger partial charge in [-0.05, 0) is 126 Å². The van der Waals surface area contributed by atoms with E-state index in [2.05, 4.69) is 5.32 Å². The van der Waals surface area contributed by atoms with Gasteiger partial charge in [0.05, 0.1) is 41.9 Å². The first-order valence-electron chi connectivity index (χ1n) is 36.6. The van der Waals surface area contributed by atoms with Crippen LogP contribution in [0.4, 0.5) is 22.7 Å². The van der Waals surface area contributed by atoms with Crippen LogP contribution in [-0.4, -0.2) is 222 Å². The second-order valence-corrected chi connectivity index (χ2v) is 28.8. The molecule has 3 unspecified atom stereocenters. The molecule has 7 aromatic rings. The number of carboxylic acid groups (broad SMARTS) is 8. The van der Waals surface area contributed by atoms with E-state index in [4.69, 9.17) is 96.2 Å². The van der Waals surface area contributed by atoms with Crippen LogP contribution in [0.25, 0.3) is 10.8 Å². The quantitative estimate of drug-likeness (QED) is 0.0693. The van der Waals surface area contributed by atoms with Crippen molar-refractivity contribution >= 4 is 123 Å². The van der Waals surface area contributed by atoms with Crippen molar-refractivity contribution in [2.45, 2.75) is 123 Å². The van der Waals surface area contributed by atoms with Crippen LogP contribution in [-0.2, 0) is 94.5 Å². The predicted molar refractivity (Wildman–Crippen MR) is 429 cm³/mol. The van der Waals surface area contributed by atoms with Crippen molar-refractivity contribution in [2.75, 3.05) is 72.2 Å². The van der Waals surface area contributed by atoms with Gasteiger partial charge in [-0.3, -0.25) is 72.2 Å². The Morgan fingerprint density at radius 2 is 1.02 bits per heavy atom. The number of carbonyl (C=O) groups is 13. The number of nitrogens with two attached hydrogens (primary N) is 8. The summed E-state index contributed by atoms with van der Waals surface area (Å²) in [6.45, 7) is 0.662. The minimum absolute atomic E-state index is 0.0476. The molecule has 36 nitrogen and oxygen atoms in total. The van der Waals surface area contributed by atoms with Crippen LogP contribution in [0.1, 0.15) is 76.7 Å². The zero-order chi connectivity index (χ0) is 86.0. The molecule has 0 saturated carbocycles. The van der Waals surface area contributed by atoms with Crippen LogP contribution in [0.15, 0.2) is 163 Å². The van der Waals surface area contributed by atoms with Crippen LogP contribution in [0.3, 0.4) is 0 Å². The number of thioether (sulfide) groups is 1. The number of para-hydroxylation sites is 4. The SMILES string of the molecule is NC1(C(=O)O)CCOCC1.NC1(C(=O)O)CCc2ccccc2C1.NC1CCc2ccccc2N(CC(=O)O)C1=O.NCc1ccccc1CC(=O)O.N[C@@H]1CCN2C(=O)[C@H](CC(=O)O)NC(=O)C12.N[C@@H]1COc2ccccc2N(CC(=O)O)C1=O.N[C@H]1CSc2ccccc2N(CC(=O)O)C1=O.Nc1cc2ccccc2cc1C(=O)O. The number of aromatic carboxylic acids is 1. The van der Waals surface area contributed by atoms with Crippen molar-refractivity contribution in [1.29, 1.82) is 0 Å². The van der Waals surface area contributed by atoms with Crippen LogP contribution in [0.5, 0.6) is 5.75 Å². The topological polar surface area (TPSA) is 635 Å². The number of aryl methyl sites for hydroxylation is 2. The Kier molecular flexibility index (Phi) is 33.5. The molecule has 14 rings (SSSR count). The molecule has 1 aliphatic carbocycles. The Hall–Kier alpha value is -12.5. The summed E-state index contributed by atoms with van der Waals surface area (Å²) in [5.74, 6) is -8.80. The highest BCUT2D eigenvalue weighted by atomic mass is 32.2. The van der Waals surface area contributed by atoms with E-state index >= 15 is 0 Å². The number of nitrogens with one attached hydrogen (secondary N) is 1. The van der Waals surface area contributed by atoms with Gasteiger partial charge < -0.3 is 106 Å². The van der Waals surface area contributed by atoms with Crippen molar-refractivity contribution in [3.8, 4) is 5.75 Å². The third kappa shape index (κ3) is 25.5. The van der Waals surface area contributed by atoms with Crippen LogP contribution in [0, 0.1) is 0 Å². The molecule has 7 atom stereocenters. The molecule has 7 aliphatic rings. The first kappa shape index (κ1) is 91.7. The smallest absolute Gasteiger partial charge is 0.337 e. The second-order valence-electron chi connectivity index (χ2n) is 27.7. The molecule has 7 aromatic carbocycles. The number of carboxylic acids is 8. The monoisotopic (exact) mass is 1640 g/mol. The highest BCUT2D eigenvalue weighted by molar-refractivity contribution is 7.99. The van der Waals surface area contributed by atoms with E-state index in [0.717, 1.165) is 49.2 Å². The van der Waals surface area contributed by atoms with Gasteiger partial charge in [0.25, 0.3) is 0 Å². The maximum absolute atomic E-state index is 12.0. The highest BCUT2D eigenvalue weighted by Crippen LogP contribution is 2.35. The summed E-state index contributed by atoms with van der Waals surface area (Å²) >= 11 is 1.47. The van der Waals surface area contributed by atoms with Gasteiger partial charge in [-0.15, -0.1) is 11.8 Å². The lowest BCUT2D eigenvalue weighted by atomic mass is 9.79. The Labute approximate surface area is 674 Å². The van der Waals surface area contributed by atoms with Crippen molar-refractivity contribution in [3.63, 3.8) is 0 Å². The zero-order valence-electron chi connectivity index (χ0n) is 63.4. The Morgan fingerprint density at radius 1 is 0.513 bits per heavy atom. The summed E-state index contributed by atoms with van der Waals surface area (Å²) in [6, 6.07) is 43.2. The molecule has 3 fully saturated rings. The van der Waals surface area contributed by atoms with Gasteiger partial charge in [-0.25, -0.2) is 4.79 Å². The van der Waals surface area contributed by atoms with Crippen LogP contribution >= 0.6 is 11.8 Å². The van der Waals surface area contributed by atoms with Crippen molar-refractivity contribution in [2.24, 2.45) is 40.1 Å². The average molecular weight is 1640 g/mol.